The molecule has 1 heterocycles. The predicted octanol–water partition coefficient (Wildman–Crippen LogP) is 4.24. The van der Waals surface area contributed by atoms with E-state index in [-0.39, 0.29) is 11.3 Å². The average molecular weight is 287 g/mol. The number of fused-ring (bicyclic) bond motifs is 1. The molecule has 2 nitrogen and oxygen atoms in total. The highest BCUT2D eigenvalue weighted by Crippen LogP contribution is 2.33. The molecule has 1 aliphatic rings. The molecule has 2 aromatic rings. The summed E-state index contributed by atoms with van der Waals surface area (Å²) in [5.74, 6) is -1.26. The van der Waals surface area contributed by atoms with Gasteiger partial charge in [0.2, 0.25) is 0 Å². The van der Waals surface area contributed by atoms with Crippen molar-refractivity contribution in [1.82, 2.24) is 4.98 Å². The van der Waals surface area contributed by atoms with E-state index in [9.17, 15) is 13.6 Å². The van der Waals surface area contributed by atoms with Crippen LogP contribution < -0.4 is 0 Å². The second kappa shape index (κ2) is 5.35. The number of Topliss-reactive ketones (excluding diaryl/α,β-unsaturated/α-hetero) is 1. The van der Waals surface area contributed by atoms with Crippen LogP contribution >= 0.6 is 0 Å². The monoisotopic (exact) mass is 287 g/mol. The zero-order valence-electron chi connectivity index (χ0n) is 11.7. The Morgan fingerprint density at radius 1 is 1.10 bits per heavy atom. The molecular formula is C17H15F2NO. The number of aromatic nitrogens is 1. The second-order valence-corrected chi connectivity index (χ2v) is 5.37. The molecule has 21 heavy (non-hydrogen) atoms. The number of nitrogens with zero attached hydrogens (tertiary/aromatic N) is 1. The van der Waals surface area contributed by atoms with Crippen LogP contribution in [0.2, 0.25) is 0 Å². The molecule has 108 valence electrons. The molecule has 0 saturated carbocycles. The van der Waals surface area contributed by atoms with Crippen LogP contribution in [0.3, 0.4) is 0 Å². The van der Waals surface area contributed by atoms with E-state index in [1.165, 1.54) is 18.2 Å². The van der Waals surface area contributed by atoms with Crippen molar-refractivity contribution >= 4 is 5.78 Å². The molecule has 0 radical (unpaired) electrons. The van der Waals surface area contributed by atoms with Crippen molar-refractivity contribution < 1.29 is 13.6 Å². The fourth-order valence-corrected chi connectivity index (χ4v) is 2.87. The Balaban J connectivity index is 2.31. The summed E-state index contributed by atoms with van der Waals surface area (Å²) in [7, 11) is 0. The summed E-state index contributed by atoms with van der Waals surface area (Å²) in [4.78, 5) is 16.5. The normalized spacial score (nSPS) is 14.7. The summed E-state index contributed by atoms with van der Waals surface area (Å²) in [6.45, 7) is 1.74. The predicted molar refractivity (Wildman–Crippen MR) is 76.2 cm³/mol. The molecule has 0 fully saturated rings. The zero-order chi connectivity index (χ0) is 15.0. The van der Waals surface area contributed by atoms with Crippen molar-refractivity contribution in [3.63, 3.8) is 0 Å². The summed E-state index contributed by atoms with van der Waals surface area (Å²) in [6, 6.07) is 5.48. The van der Waals surface area contributed by atoms with Gasteiger partial charge in [-0.05, 0) is 55.5 Å². The molecule has 0 saturated heterocycles. The lowest BCUT2D eigenvalue weighted by Crippen LogP contribution is -2.08. The number of hydrogen-bond acceptors (Lipinski definition) is 2. The van der Waals surface area contributed by atoms with Gasteiger partial charge in [0.05, 0.1) is 5.56 Å². The summed E-state index contributed by atoms with van der Waals surface area (Å²) in [5, 5.41) is 0. The van der Waals surface area contributed by atoms with Gasteiger partial charge in [0, 0.05) is 12.1 Å². The van der Waals surface area contributed by atoms with Crippen molar-refractivity contribution in [2.24, 2.45) is 0 Å². The summed E-state index contributed by atoms with van der Waals surface area (Å²) < 4.78 is 28.2. The van der Waals surface area contributed by atoms with E-state index in [0.29, 0.717) is 35.4 Å². The lowest BCUT2D eigenvalue weighted by Gasteiger charge is -2.14. The van der Waals surface area contributed by atoms with E-state index in [1.807, 2.05) is 0 Å². The largest absolute Gasteiger partial charge is 0.292 e. The van der Waals surface area contributed by atoms with E-state index >= 15 is 0 Å². The lowest BCUT2D eigenvalue weighted by molar-refractivity contribution is 0.0977. The third-order valence-corrected chi connectivity index (χ3v) is 3.83. The van der Waals surface area contributed by atoms with Gasteiger partial charge in [-0.15, -0.1) is 0 Å². The summed E-state index contributed by atoms with van der Waals surface area (Å²) in [5.41, 5.74) is 2.05. The minimum Gasteiger partial charge on any atom is -0.292 e. The first-order chi connectivity index (χ1) is 10.1. The van der Waals surface area contributed by atoms with Crippen molar-refractivity contribution in [2.75, 3.05) is 0 Å². The maximum absolute atomic E-state index is 14.1. The molecule has 4 heteroatoms. The Bertz CT molecular complexity index is 705. The minimum absolute atomic E-state index is 0.0378. The highest BCUT2D eigenvalue weighted by Gasteiger charge is 2.23. The van der Waals surface area contributed by atoms with Crippen LogP contribution in [-0.4, -0.2) is 10.8 Å². The number of carbonyl (C=O) groups is 1. The summed E-state index contributed by atoms with van der Waals surface area (Å²) in [6.07, 6.45) is 2.68. The minimum atomic E-state index is -0.612. The molecule has 0 atom stereocenters. The number of carbonyl (C=O) groups excluding carboxylic acids is 1. The van der Waals surface area contributed by atoms with Crippen LogP contribution in [0.25, 0.3) is 11.1 Å². The van der Waals surface area contributed by atoms with Gasteiger partial charge in [-0.2, -0.15) is 0 Å². The first-order valence-corrected chi connectivity index (χ1v) is 7.06. The Hall–Kier alpha value is -2.10. The zero-order valence-corrected chi connectivity index (χ0v) is 11.7. The van der Waals surface area contributed by atoms with Gasteiger partial charge in [-0.3, -0.25) is 4.79 Å². The Morgan fingerprint density at radius 3 is 2.48 bits per heavy atom. The maximum atomic E-state index is 14.1. The number of pyridine rings is 1. The third-order valence-electron chi connectivity index (χ3n) is 3.83. The SMILES string of the molecule is Cc1cc(-c2c(F)cccc2F)c2c(n1)C(=O)CCCC2. The fourth-order valence-electron chi connectivity index (χ4n) is 2.87. The van der Waals surface area contributed by atoms with Crippen LogP contribution in [0.5, 0.6) is 0 Å². The number of ketones is 1. The van der Waals surface area contributed by atoms with Gasteiger partial charge in [0.15, 0.2) is 5.78 Å². The molecule has 1 aromatic carbocycles. The van der Waals surface area contributed by atoms with E-state index in [2.05, 4.69) is 4.98 Å². The lowest BCUT2D eigenvalue weighted by atomic mass is 9.94. The number of hydrogen-bond donors (Lipinski definition) is 0. The van der Waals surface area contributed by atoms with Crippen LogP contribution in [0.4, 0.5) is 8.78 Å². The Morgan fingerprint density at radius 2 is 1.76 bits per heavy atom. The molecule has 0 bridgehead atoms. The van der Waals surface area contributed by atoms with Crippen LogP contribution in [0, 0.1) is 18.6 Å². The Kier molecular flexibility index (Phi) is 3.53. The third kappa shape index (κ3) is 2.46. The van der Waals surface area contributed by atoms with E-state index in [1.54, 1.807) is 13.0 Å². The molecule has 0 N–H and O–H groups in total. The van der Waals surface area contributed by atoms with E-state index in [4.69, 9.17) is 0 Å². The van der Waals surface area contributed by atoms with Crippen molar-refractivity contribution in [3.8, 4) is 11.1 Å². The van der Waals surface area contributed by atoms with E-state index in [0.717, 1.165) is 12.8 Å². The molecule has 0 aliphatic heterocycles. The number of aryl methyl sites for hydroxylation is 1. The fraction of sp³-hybridized carbons (Fsp3) is 0.294. The first-order valence-electron chi connectivity index (χ1n) is 7.06. The van der Waals surface area contributed by atoms with Gasteiger partial charge >= 0.3 is 0 Å². The Labute approximate surface area is 121 Å². The molecule has 0 unspecified atom stereocenters. The smallest absolute Gasteiger partial charge is 0.181 e. The van der Waals surface area contributed by atoms with Crippen molar-refractivity contribution in [1.29, 1.82) is 0 Å². The average Bonchev–Trinajstić information content (AvgIpc) is 2.61. The van der Waals surface area contributed by atoms with Crippen molar-refractivity contribution in [3.05, 3.63) is 52.9 Å². The highest BCUT2D eigenvalue weighted by molar-refractivity contribution is 5.97. The number of halogens is 2. The molecule has 3 rings (SSSR count). The van der Waals surface area contributed by atoms with Gasteiger partial charge in [0.1, 0.15) is 17.3 Å². The molecule has 1 aromatic heterocycles. The number of benzene rings is 1. The van der Waals surface area contributed by atoms with Crippen LogP contribution in [-0.2, 0) is 6.42 Å². The highest BCUT2D eigenvalue weighted by atomic mass is 19.1. The van der Waals surface area contributed by atoms with Gasteiger partial charge in [-0.1, -0.05) is 6.07 Å². The second-order valence-electron chi connectivity index (χ2n) is 5.37. The van der Waals surface area contributed by atoms with Gasteiger partial charge < -0.3 is 0 Å². The summed E-state index contributed by atoms with van der Waals surface area (Å²) >= 11 is 0. The quantitative estimate of drug-likeness (QED) is 0.734. The van der Waals surface area contributed by atoms with Gasteiger partial charge in [-0.25, -0.2) is 13.8 Å². The molecular weight excluding hydrogens is 272 g/mol. The van der Waals surface area contributed by atoms with Crippen LogP contribution in [0.15, 0.2) is 24.3 Å². The van der Waals surface area contributed by atoms with E-state index < -0.39 is 11.6 Å². The first kappa shape index (κ1) is 13.9. The number of rotatable bonds is 1. The van der Waals surface area contributed by atoms with Gasteiger partial charge in [0.25, 0.3) is 0 Å². The van der Waals surface area contributed by atoms with Crippen LogP contribution in [0.1, 0.15) is 41.0 Å². The standard InChI is InChI=1S/C17H15F2NO/c1-10-9-12(16-13(18)6-4-7-14(16)19)11-5-2-3-8-15(21)17(11)20-10/h4,6-7,9H,2-3,5,8H2,1H3. The topological polar surface area (TPSA) is 30.0 Å². The molecule has 0 spiro atoms. The molecule has 0 amide bonds. The molecule has 1 aliphatic carbocycles. The maximum Gasteiger partial charge on any atom is 0.181 e. The van der Waals surface area contributed by atoms with Crippen molar-refractivity contribution in [2.45, 2.75) is 32.6 Å².